The van der Waals surface area contributed by atoms with Gasteiger partial charge in [-0.05, 0) is 31.5 Å². The third-order valence-electron chi connectivity index (χ3n) is 3.35. The van der Waals surface area contributed by atoms with E-state index < -0.39 is 0 Å². The molecule has 0 aliphatic carbocycles. The maximum atomic E-state index is 6.21. The van der Waals surface area contributed by atoms with Gasteiger partial charge in [0.05, 0.1) is 6.42 Å². The summed E-state index contributed by atoms with van der Waals surface area (Å²) in [5.41, 5.74) is 1.01. The predicted molar refractivity (Wildman–Crippen MR) is 97.8 cm³/mol. The molecule has 0 unspecified atom stereocenters. The van der Waals surface area contributed by atoms with Gasteiger partial charge in [-0.25, -0.2) is 0 Å². The van der Waals surface area contributed by atoms with Gasteiger partial charge in [0.2, 0.25) is 0 Å². The normalized spacial score (nSPS) is 11.4. The molecule has 2 aromatic rings. The third kappa shape index (κ3) is 5.36. The SMILES string of the molecule is CCOC(Cc1nnc(SCc2ccc(Cl)cc2Cl)n1C)OCC. The van der Waals surface area contributed by atoms with Crippen LogP contribution < -0.4 is 0 Å². The zero-order chi connectivity index (χ0) is 17.5. The van der Waals surface area contributed by atoms with Crippen LogP contribution in [0.25, 0.3) is 0 Å². The lowest BCUT2D eigenvalue weighted by molar-refractivity contribution is -0.135. The third-order valence-corrected chi connectivity index (χ3v) is 5.01. The van der Waals surface area contributed by atoms with E-state index in [1.807, 2.05) is 37.6 Å². The van der Waals surface area contributed by atoms with E-state index in [-0.39, 0.29) is 6.29 Å². The lowest BCUT2D eigenvalue weighted by atomic mass is 10.2. The van der Waals surface area contributed by atoms with Gasteiger partial charge in [0.1, 0.15) is 5.82 Å². The van der Waals surface area contributed by atoms with E-state index in [4.69, 9.17) is 32.7 Å². The Kier molecular flexibility index (Phi) is 7.84. The lowest BCUT2D eigenvalue weighted by Crippen LogP contribution is -2.22. The molecule has 0 bridgehead atoms. The number of nitrogens with zero attached hydrogens (tertiary/aromatic N) is 3. The average Bonchev–Trinajstić information content (AvgIpc) is 2.88. The van der Waals surface area contributed by atoms with Gasteiger partial charge in [-0.1, -0.05) is 41.0 Å². The Morgan fingerprint density at radius 2 is 1.88 bits per heavy atom. The van der Waals surface area contributed by atoms with Gasteiger partial charge in [-0.2, -0.15) is 0 Å². The molecule has 24 heavy (non-hydrogen) atoms. The molecule has 1 aromatic heterocycles. The minimum atomic E-state index is -0.300. The molecule has 1 aromatic carbocycles. The topological polar surface area (TPSA) is 49.2 Å². The summed E-state index contributed by atoms with van der Waals surface area (Å²) in [6, 6.07) is 5.51. The van der Waals surface area contributed by atoms with Crippen molar-refractivity contribution in [3.63, 3.8) is 0 Å². The largest absolute Gasteiger partial charge is 0.352 e. The molecule has 2 rings (SSSR count). The molecule has 0 spiro atoms. The summed E-state index contributed by atoms with van der Waals surface area (Å²) < 4.78 is 13.1. The molecule has 0 aliphatic heterocycles. The highest BCUT2D eigenvalue weighted by Gasteiger charge is 2.16. The second-order valence-electron chi connectivity index (χ2n) is 5.03. The lowest BCUT2D eigenvalue weighted by Gasteiger charge is -2.16. The Morgan fingerprint density at radius 3 is 2.50 bits per heavy atom. The summed E-state index contributed by atoms with van der Waals surface area (Å²) in [6.45, 7) is 5.08. The van der Waals surface area contributed by atoms with Crippen LogP contribution in [0.15, 0.2) is 23.4 Å². The molecule has 5 nitrogen and oxygen atoms in total. The van der Waals surface area contributed by atoms with Crippen molar-refractivity contribution in [1.29, 1.82) is 0 Å². The van der Waals surface area contributed by atoms with Gasteiger partial charge in [0.15, 0.2) is 11.4 Å². The van der Waals surface area contributed by atoms with Gasteiger partial charge < -0.3 is 14.0 Å². The van der Waals surface area contributed by atoms with Crippen LogP contribution in [-0.4, -0.2) is 34.3 Å². The highest BCUT2D eigenvalue weighted by Crippen LogP contribution is 2.28. The summed E-state index contributed by atoms with van der Waals surface area (Å²) in [7, 11) is 1.94. The average molecular weight is 390 g/mol. The number of hydrogen-bond acceptors (Lipinski definition) is 5. The molecular weight excluding hydrogens is 369 g/mol. The molecule has 0 radical (unpaired) electrons. The van der Waals surface area contributed by atoms with Crippen LogP contribution in [0.3, 0.4) is 0 Å². The predicted octanol–water partition coefficient (Wildman–Crippen LogP) is 4.36. The van der Waals surface area contributed by atoms with Crippen LogP contribution in [0.5, 0.6) is 0 Å². The number of aromatic nitrogens is 3. The van der Waals surface area contributed by atoms with Crippen molar-refractivity contribution in [1.82, 2.24) is 14.8 Å². The fourth-order valence-corrected chi connectivity index (χ4v) is 3.60. The first-order valence-electron chi connectivity index (χ1n) is 7.73. The molecule has 8 heteroatoms. The zero-order valence-electron chi connectivity index (χ0n) is 14.0. The highest BCUT2D eigenvalue weighted by atomic mass is 35.5. The minimum Gasteiger partial charge on any atom is -0.352 e. The van der Waals surface area contributed by atoms with Crippen LogP contribution in [0.1, 0.15) is 25.2 Å². The maximum Gasteiger partial charge on any atom is 0.191 e. The number of benzene rings is 1. The Hall–Kier alpha value is -0.790. The Labute approximate surface area is 156 Å². The minimum absolute atomic E-state index is 0.300. The van der Waals surface area contributed by atoms with Crippen molar-refractivity contribution < 1.29 is 9.47 Å². The molecule has 1 heterocycles. The van der Waals surface area contributed by atoms with Crippen molar-refractivity contribution in [2.45, 2.75) is 37.5 Å². The Morgan fingerprint density at radius 1 is 1.17 bits per heavy atom. The molecule has 0 N–H and O–H groups in total. The van der Waals surface area contributed by atoms with Crippen molar-refractivity contribution in [3.8, 4) is 0 Å². The highest BCUT2D eigenvalue weighted by molar-refractivity contribution is 7.98. The summed E-state index contributed by atoms with van der Waals surface area (Å²) in [6.07, 6.45) is 0.263. The van der Waals surface area contributed by atoms with Crippen LogP contribution in [0, 0.1) is 0 Å². The monoisotopic (exact) mass is 389 g/mol. The Balaban J connectivity index is 2.01. The number of ether oxygens (including phenoxy) is 2. The fourth-order valence-electron chi connectivity index (χ4n) is 2.12. The van der Waals surface area contributed by atoms with Crippen LogP contribution in [-0.2, 0) is 28.7 Å². The van der Waals surface area contributed by atoms with Crippen molar-refractivity contribution >= 4 is 35.0 Å². The van der Waals surface area contributed by atoms with E-state index in [1.165, 1.54) is 0 Å². The van der Waals surface area contributed by atoms with E-state index in [2.05, 4.69) is 10.2 Å². The summed E-state index contributed by atoms with van der Waals surface area (Å²) in [5, 5.41) is 10.6. The first-order valence-corrected chi connectivity index (χ1v) is 9.47. The molecule has 0 aliphatic rings. The van der Waals surface area contributed by atoms with Gasteiger partial charge >= 0.3 is 0 Å². The molecule has 132 valence electrons. The van der Waals surface area contributed by atoms with Crippen LogP contribution in [0.4, 0.5) is 0 Å². The van der Waals surface area contributed by atoms with Crippen LogP contribution in [0.2, 0.25) is 10.0 Å². The first-order chi connectivity index (χ1) is 11.5. The van der Waals surface area contributed by atoms with Crippen molar-refractivity contribution in [3.05, 3.63) is 39.6 Å². The second kappa shape index (κ2) is 9.63. The number of halogens is 2. The summed E-state index contributed by atoms with van der Waals surface area (Å²) >= 11 is 13.7. The molecular formula is C16H21Cl2N3O2S. The van der Waals surface area contributed by atoms with E-state index in [0.717, 1.165) is 16.5 Å². The smallest absolute Gasteiger partial charge is 0.191 e. The second-order valence-corrected chi connectivity index (χ2v) is 6.81. The summed E-state index contributed by atoms with van der Waals surface area (Å²) in [5.74, 6) is 1.52. The number of hydrogen-bond donors (Lipinski definition) is 0. The van der Waals surface area contributed by atoms with Crippen LogP contribution >= 0.6 is 35.0 Å². The van der Waals surface area contributed by atoms with E-state index in [9.17, 15) is 0 Å². The summed E-state index contributed by atoms with van der Waals surface area (Å²) in [4.78, 5) is 0. The first kappa shape index (κ1) is 19.5. The van der Waals surface area contributed by atoms with Gasteiger partial charge in [-0.3, -0.25) is 0 Å². The fraction of sp³-hybridized carbons (Fsp3) is 0.500. The van der Waals surface area contributed by atoms with E-state index >= 15 is 0 Å². The van der Waals surface area contributed by atoms with E-state index in [0.29, 0.717) is 35.4 Å². The maximum absolute atomic E-state index is 6.21. The van der Waals surface area contributed by atoms with Crippen molar-refractivity contribution in [2.75, 3.05) is 13.2 Å². The number of thioether (sulfide) groups is 1. The van der Waals surface area contributed by atoms with Crippen molar-refractivity contribution in [2.24, 2.45) is 7.05 Å². The molecule has 0 saturated heterocycles. The Bertz CT molecular complexity index is 661. The van der Waals surface area contributed by atoms with E-state index in [1.54, 1.807) is 17.8 Å². The van der Waals surface area contributed by atoms with Gasteiger partial charge in [-0.15, -0.1) is 10.2 Å². The molecule has 0 atom stereocenters. The van der Waals surface area contributed by atoms with Gasteiger partial charge in [0, 0.05) is 36.1 Å². The van der Waals surface area contributed by atoms with Gasteiger partial charge in [0.25, 0.3) is 0 Å². The molecule has 0 amide bonds. The quantitative estimate of drug-likeness (QED) is 0.471. The number of rotatable bonds is 9. The standard InChI is InChI=1S/C16H21Cl2N3O2S/c1-4-22-15(23-5-2)9-14-19-20-16(21(14)3)24-10-11-6-7-12(17)8-13(11)18/h6-8,15H,4-5,9-10H2,1-3H3. The molecule has 0 saturated carbocycles. The molecule has 0 fully saturated rings. The zero-order valence-corrected chi connectivity index (χ0v) is 16.3.